The number of rotatable bonds is 7. The van der Waals surface area contributed by atoms with Crippen LogP contribution < -0.4 is 5.32 Å². The monoisotopic (exact) mass is 305 g/mol. The second-order valence-corrected chi connectivity index (χ2v) is 6.05. The largest absolute Gasteiger partial charge is 0.339 e. The van der Waals surface area contributed by atoms with Crippen molar-refractivity contribution < 1.29 is 4.52 Å². The highest BCUT2D eigenvalue weighted by atomic mass is 35.5. The molecule has 1 atom stereocenters. The van der Waals surface area contributed by atoms with E-state index in [1.807, 2.05) is 24.3 Å². The van der Waals surface area contributed by atoms with Gasteiger partial charge in [0.05, 0.1) is 0 Å². The molecule has 1 aliphatic carbocycles. The molecule has 3 rings (SSSR count). The lowest BCUT2D eigenvalue weighted by molar-refractivity contribution is 0.345. The summed E-state index contributed by atoms with van der Waals surface area (Å²) in [7, 11) is 0. The van der Waals surface area contributed by atoms with Gasteiger partial charge in [-0.1, -0.05) is 35.8 Å². The fourth-order valence-corrected chi connectivity index (χ4v) is 2.71. The van der Waals surface area contributed by atoms with Gasteiger partial charge in [-0.2, -0.15) is 4.98 Å². The summed E-state index contributed by atoms with van der Waals surface area (Å²) in [4.78, 5) is 4.51. The lowest BCUT2D eigenvalue weighted by Gasteiger charge is -2.14. The van der Waals surface area contributed by atoms with Crippen LogP contribution in [0.25, 0.3) is 0 Å². The zero-order valence-corrected chi connectivity index (χ0v) is 12.9. The van der Waals surface area contributed by atoms with Gasteiger partial charge in [0.2, 0.25) is 5.89 Å². The van der Waals surface area contributed by atoms with Crippen LogP contribution in [-0.2, 0) is 12.8 Å². The Balaban J connectivity index is 1.61. The first-order valence-corrected chi connectivity index (χ1v) is 7.91. The summed E-state index contributed by atoms with van der Waals surface area (Å²) in [6, 6.07) is 8.21. The molecule has 2 aromatic rings. The van der Waals surface area contributed by atoms with Gasteiger partial charge >= 0.3 is 0 Å². The molecule has 112 valence electrons. The van der Waals surface area contributed by atoms with Crippen LogP contribution in [0.5, 0.6) is 0 Å². The zero-order valence-electron chi connectivity index (χ0n) is 12.2. The van der Waals surface area contributed by atoms with Gasteiger partial charge in [0.1, 0.15) is 0 Å². The van der Waals surface area contributed by atoms with E-state index in [1.54, 1.807) is 0 Å². The molecule has 0 bridgehead atoms. The molecule has 0 amide bonds. The van der Waals surface area contributed by atoms with Gasteiger partial charge in [-0.05, 0) is 43.0 Å². The molecule has 1 aromatic carbocycles. The first kappa shape index (κ1) is 14.5. The van der Waals surface area contributed by atoms with Crippen molar-refractivity contribution in [2.45, 2.75) is 38.6 Å². The van der Waals surface area contributed by atoms with Gasteiger partial charge in [-0.25, -0.2) is 0 Å². The zero-order chi connectivity index (χ0) is 14.7. The average Bonchev–Trinajstić information content (AvgIpc) is 3.23. The van der Waals surface area contributed by atoms with Gasteiger partial charge in [0, 0.05) is 23.9 Å². The summed E-state index contributed by atoms with van der Waals surface area (Å²) < 4.78 is 5.39. The van der Waals surface area contributed by atoms with Crippen molar-refractivity contribution >= 4 is 11.6 Å². The molecule has 1 aromatic heterocycles. The van der Waals surface area contributed by atoms with E-state index in [2.05, 4.69) is 22.4 Å². The molecule has 1 heterocycles. The Morgan fingerprint density at radius 2 is 2.10 bits per heavy atom. The molecule has 4 nitrogen and oxygen atoms in total. The van der Waals surface area contributed by atoms with Gasteiger partial charge in [0.15, 0.2) is 5.82 Å². The minimum Gasteiger partial charge on any atom is -0.339 e. The number of benzene rings is 1. The van der Waals surface area contributed by atoms with E-state index >= 15 is 0 Å². The average molecular weight is 306 g/mol. The van der Waals surface area contributed by atoms with Gasteiger partial charge in [-0.15, -0.1) is 0 Å². The van der Waals surface area contributed by atoms with Crippen LogP contribution in [-0.4, -0.2) is 22.7 Å². The van der Waals surface area contributed by atoms with Gasteiger partial charge < -0.3 is 9.84 Å². The summed E-state index contributed by atoms with van der Waals surface area (Å²) in [5.41, 5.74) is 1.14. The molecule has 5 heteroatoms. The Morgan fingerprint density at radius 3 is 2.76 bits per heavy atom. The summed E-state index contributed by atoms with van der Waals surface area (Å²) in [6.45, 7) is 3.11. The van der Waals surface area contributed by atoms with Crippen LogP contribution in [0.15, 0.2) is 28.8 Å². The number of likely N-dealkylation sites (N-methyl/N-ethyl adjacent to an activating group) is 1. The molecule has 0 spiro atoms. The van der Waals surface area contributed by atoms with E-state index in [9.17, 15) is 0 Å². The van der Waals surface area contributed by atoms with E-state index in [0.29, 0.717) is 12.5 Å². The summed E-state index contributed by atoms with van der Waals surface area (Å²) in [5, 5.41) is 8.34. The highest BCUT2D eigenvalue weighted by Crippen LogP contribution is 2.33. The fraction of sp³-hybridized carbons (Fsp3) is 0.500. The smallest absolute Gasteiger partial charge is 0.228 e. The Bertz CT molecular complexity index is 577. The molecular formula is C16H20ClN3O. The Hall–Kier alpha value is -1.39. The van der Waals surface area contributed by atoms with E-state index in [-0.39, 0.29) is 0 Å². The SMILES string of the molecule is CCNC(Cc1nc(Cc2ccc(Cl)cc2)no1)C1CC1. The minimum absolute atomic E-state index is 0.471. The Kier molecular flexibility index (Phi) is 4.56. The fourth-order valence-electron chi connectivity index (χ4n) is 2.58. The highest BCUT2D eigenvalue weighted by molar-refractivity contribution is 6.30. The Morgan fingerprint density at radius 1 is 1.33 bits per heavy atom. The van der Waals surface area contributed by atoms with E-state index in [0.717, 1.165) is 41.2 Å². The van der Waals surface area contributed by atoms with Crippen LogP contribution >= 0.6 is 11.6 Å². The van der Waals surface area contributed by atoms with Crippen molar-refractivity contribution in [2.75, 3.05) is 6.54 Å². The third-order valence-electron chi connectivity index (χ3n) is 3.84. The number of hydrogen-bond acceptors (Lipinski definition) is 4. The minimum atomic E-state index is 0.471. The number of nitrogens with one attached hydrogen (secondary N) is 1. The van der Waals surface area contributed by atoms with E-state index in [1.165, 1.54) is 12.8 Å². The lowest BCUT2D eigenvalue weighted by atomic mass is 10.1. The van der Waals surface area contributed by atoms with Crippen molar-refractivity contribution in [3.05, 3.63) is 46.6 Å². The van der Waals surface area contributed by atoms with Gasteiger partial charge in [-0.3, -0.25) is 0 Å². The molecule has 0 aliphatic heterocycles. The second-order valence-electron chi connectivity index (χ2n) is 5.61. The molecule has 0 radical (unpaired) electrons. The van der Waals surface area contributed by atoms with Crippen molar-refractivity contribution in [1.29, 1.82) is 0 Å². The van der Waals surface area contributed by atoms with Gasteiger partial charge in [0.25, 0.3) is 0 Å². The predicted octanol–water partition coefficient (Wildman–Crippen LogP) is 3.24. The van der Waals surface area contributed by atoms with Crippen LogP contribution in [0.2, 0.25) is 5.02 Å². The maximum Gasteiger partial charge on any atom is 0.228 e. The lowest BCUT2D eigenvalue weighted by Crippen LogP contribution is -2.33. The third kappa shape index (κ3) is 4.05. The first-order valence-electron chi connectivity index (χ1n) is 7.54. The maximum atomic E-state index is 5.88. The predicted molar refractivity (Wildman–Crippen MR) is 82.4 cm³/mol. The number of halogens is 1. The maximum absolute atomic E-state index is 5.88. The summed E-state index contributed by atoms with van der Waals surface area (Å²) in [6.07, 6.45) is 4.12. The van der Waals surface area contributed by atoms with Crippen LogP contribution in [0.4, 0.5) is 0 Å². The van der Waals surface area contributed by atoms with Crippen LogP contribution in [0, 0.1) is 5.92 Å². The highest BCUT2D eigenvalue weighted by Gasteiger charge is 2.31. The molecule has 1 aliphatic rings. The molecule has 1 unspecified atom stereocenters. The second kappa shape index (κ2) is 6.58. The topological polar surface area (TPSA) is 51.0 Å². The van der Waals surface area contributed by atoms with Crippen molar-refractivity contribution in [1.82, 2.24) is 15.5 Å². The molecule has 21 heavy (non-hydrogen) atoms. The molecule has 1 fully saturated rings. The summed E-state index contributed by atoms with van der Waals surface area (Å²) in [5.74, 6) is 2.24. The molecule has 1 saturated carbocycles. The first-order chi connectivity index (χ1) is 10.2. The quantitative estimate of drug-likeness (QED) is 0.853. The third-order valence-corrected chi connectivity index (χ3v) is 4.09. The Labute approximate surface area is 129 Å². The molecule has 1 N–H and O–H groups in total. The normalized spacial score (nSPS) is 16.1. The van der Waals surface area contributed by atoms with Crippen molar-refractivity contribution in [3.63, 3.8) is 0 Å². The standard InChI is InChI=1S/C16H20ClN3O/c1-2-18-14(12-5-6-12)10-16-19-15(20-21-16)9-11-3-7-13(17)8-4-11/h3-4,7-8,12,14,18H,2,5-6,9-10H2,1H3. The molecular weight excluding hydrogens is 286 g/mol. The number of hydrogen-bond donors (Lipinski definition) is 1. The van der Waals surface area contributed by atoms with Crippen LogP contribution in [0.3, 0.4) is 0 Å². The van der Waals surface area contributed by atoms with Crippen LogP contribution in [0.1, 0.15) is 37.0 Å². The summed E-state index contributed by atoms with van der Waals surface area (Å²) >= 11 is 5.88. The van der Waals surface area contributed by atoms with E-state index < -0.39 is 0 Å². The molecule has 0 saturated heterocycles. The number of aromatic nitrogens is 2. The van der Waals surface area contributed by atoms with E-state index in [4.69, 9.17) is 16.1 Å². The number of nitrogens with zero attached hydrogens (tertiary/aromatic N) is 2. The van der Waals surface area contributed by atoms with Crippen molar-refractivity contribution in [2.24, 2.45) is 5.92 Å². The van der Waals surface area contributed by atoms with Crippen molar-refractivity contribution in [3.8, 4) is 0 Å².